The lowest BCUT2D eigenvalue weighted by atomic mass is 9.96. The largest absolute Gasteiger partial charge is 0.328 e. The molecule has 0 spiro atoms. The fraction of sp³-hybridized carbons (Fsp3) is 0.500. The molecule has 0 aliphatic carbocycles. The van der Waals surface area contributed by atoms with Gasteiger partial charge in [0, 0.05) is 19.6 Å². The van der Waals surface area contributed by atoms with E-state index in [-0.39, 0.29) is 18.1 Å². The number of piperidine rings is 1. The minimum Gasteiger partial charge on any atom is -0.328 e. The van der Waals surface area contributed by atoms with Crippen LogP contribution in [0, 0.1) is 0 Å². The predicted octanol–water partition coefficient (Wildman–Crippen LogP) is 2.68. The van der Waals surface area contributed by atoms with E-state index in [2.05, 4.69) is 39.8 Å². The van der Waals surface area contributed by atoms with Gasteiger partial charge in [-0.15, -0.1) is 10.2 Å². The Kier molecular flexibility index (Phi) is 5.13. The first kappa shape index (κ1) is 16.5. The SMILES string of the molecule is CC(NC(=O)N1CCCCC1Cc1ccccc1)c1nncn1C. The van der Waals surface area contributed by atoms with Gasteiger partial charge in [0.15, 0.2) is 5.82 Å². The zero-order chi connectivity index (χ0) is 16.9. The molecule has 2 unspecified atom stereocenters. The fourth-order valence-electron chi connectivity index (χ4n) is 3.38. The minimum absolute atomic E-state index is 0.00821. The molecule has 2 amide bonds. The average Bonchev–Trinajstić information content (AvgIpc) is 3.02. The number of nitrogens with one attached hydrogen (secondary N) is 1. The van der Waals surface area contributed by atoms with Crippen molar-refractivity contribution in [3.63, 3.8) is 0 Å². The van der Waals surface area contributed by atoms with E-state index < -0.39 is 0 Å². The summed E-state index contributed by atoms with van der Waals surface area (Å²) in [5.74, 6) is 0.764. The number of nitrogens with zero attached hydrogens (tertiary/aromatic N) is 4. The highest BCUT2D eigenvalue weighted by Gasteiger charge is 2.28. The number of hydrogen-bond acceptors (Lipinski definition) is 3. The summed E-state index contributed by atoms with van der Waals surface area (Å²) in [7, 11) is 1.89. The van der Waals surface area contributed by atoms with Crippen molar-refractivity contribution >= 4 is 6.03 Å². The number of aromatic nitrogens is 3. The van der Waals surface area contributed by atoms with Crippen LogP contribution in [0.5, 0.6) is 0 Å². The number of aryl methyl sites for hydroxylation is 1. The summed E-state index contributed by atoms with van der Waals surface area (Å²) in [6.07, 6.45) is 5.86. The molecule has 24 heavy (non-hydrogen) atoms. The zero-order valence-corrected chi connectivity index (χ0v) is 14.4. The quantitative estimate of drug-likeness (QED) is 0.939. The first-order chi connectivity index (χ1) is 11.6. The van der Waals surface area contributed by atoms with Gasteiger partial charge in [-0.2, -0.15) is 0 Å². The van der Waals surface area contributed by atoms with Gasteiger partial charge in [-0.25, -0.2) is 4.79 Å². The second-order valence-corrected chi connectivity index (χ2v) is 6.50. The third-order valence-corrected chi connectivity index (χ3v) is 4.68. The lowest BCUT2D eigenvalue weighted by molar-refractivity contribution is 0.147. The fourth-order valence-corrected chi connectivity index (χ4v) is 3.38. The highest BCUT2D eigenvalue weighted by molar-refractivity contribution is 5.75. The monoisotopic (exact) mass is 327 g/mol. The molecule has 1 aliphatic rings. The van der Waals surface area contributed by atoms with Crippen molar-refractivity contribution in [2.75, 3.05) is 6.54 Å². The summed E-state index contributed by atoms with van der Waals surface area (Å²) in [5.41, 5.74) is 1.28. The molecule has 0 bridgehead atoms. The van der Waals surface area contributed by atoms with Crippen molar-refractivity contribution in [2.45, 2.75) is 44.7 Å². The molecule has 2 aromatic rings. The van der Waals surface area contributed by atoms with Crippen LogP contribution in [0.1, 0.15) is 43.6 Å². The van der Waals surface area contributed by atoms with Crippen LogP contribution in [-0.2, 0) is 13.5 Å². The van der Waals surface area contributed by atoms with E-state index in [1.807, 2.05) is 29.5 Å². The molecule has 6 nitrogen and oxygen atoms in total. The summed E-state index contributed by atoms with van der Waals surface area (Å²) < 4.78 is 1.84. The minimum atomic E-state index is -0.163. The number of carbonyl (C=O) groups excluding carboxylic acids is 1. The molecule has 128 valence electrons. The van der Waals surface area contributed by atoms with Gasteiger partial charge in [-0.1, -0.05) is 30.3 Å². The summed E-state index contributed by atoms with van der Waals surface area (Å²) in [4.78, 5) is 14.8. The number of benzene rings is 1. The molecule has 3 rings (SSSR count). The molecule has 0 saturated carbocycles. The average molecular weight is 327 g/mol. The molecule has 1 fully saturated rings. The lowest BCUT2D eigenvalue weighted by Crippen LogP contribution is -2.50. The van der Waals surface area contributed by atoms with Crippen LogP contribution in [-0.4, -0.2) is 38.3 Å². The maximum absolute atomic E-state index is 12.8. The molecular weight excluding hydrogens is 302 g/mol. The van der Waals surface area contributed by atoms with Crippen molar-refractivity contribution in [2.24, 2.45) is 7.05 Å². The van der Waals surface area contributed by atoms with Crippen LogP contribution < -0.4 is 5.32 Å². The van der Waals surface area contributed by atoms with Crippen LogP contribution in [0.2, 0.25) is 0 Å². The first-order valence-electron chi connectivity index (χ1n) is 8.60. The normalized spacial score (nSPS) is 19.1. The molecule has 1 aliphatic heterocycles. The summed E-state index contributed by atoms with van der Waals surface area (Å²) in [6, 6.07) is 10.5. The Balaban J connectivity index is 1.66. The number of urea groups is 1. The zero-order valence-electron chi connectivity index (χ0n) is 14.4. The number of carbonyl (C=O) groups is 1. The van der Waals surface area contributed by atoms with Crippen molar-refractivity contribution in [3.8, 4) is 0 Å². The predicted molar refractivity (Wildman–Crippen MR) is 92.4 cm³/mol. The van der Waals surface area contributed by atoms with Gasteiger partial charge >= 0.3 is 6.03 Å². The topological polar surface area (TPSA) is 63.1 Å². The van der Waals surface area contributed by atoms with Gasteiger partial charge in [0.05, 0.1) is 6.04 Å². The van der Waals surface area contributed by atoms with Crippen LogP contribution in [0.4, 0.5) is 4.79 Å². The van der Waals surface area contributed by atoms with Crippen LogP contribution in [0.3, 0.4) is 0 Å². The Labute approximate surface area is 142 Å². The highest BCUT2D eigenvalue weighted by Crippen LogP contribution is 2.21. The van der Waals surface area contributed by atoms with Crippen LogP contribution in [0.25, 0.3) is 0 Å². The molecule has 1 aromatic heterocycles. The van der Waals surface area contributed by atoms with Gasteiger partial charge < -0.3 is 14.8 Å². The molecule has 2 heterocycles. The lowest BCUT2D eigenvalue weighted by Gasteiger charge is -2.36. The van der Waals surface area contributed by atoms with E-state index in [9.17, 15) is 4.79 Å². The van der Waals surface area contributed by atoms with Crippen LogP contribution in [0.15, 0.2) is 36.7 Å². The van der Waals surface area contributed by atoms with Gasteiger partial charge in [0.25, 0.3) is 0 Å². The molecule has 0 radical (unpaired) electrons. The smallest absolute Gasteiger partial charge is 0.318 e. The molecular formula is C18H25N5O. The number of amides is 2. The molecule has 1 aromatic carbocycles. The van der Waals surface area contributed by atoms with E-state index in [1.54, 1.807) is 6.33 Å². The number of hydrogen-bond donors (Lipinski definition) is 1. The number of rotatable bonds is 4. The van der Waals surface area contributed by atoms with Crippen molar-refractivity contribution in [1.82, 2.24) is 25.0 Å². The Morgan fingerprint density at radius 3 is 2.83 bits per heavy atom. The number of likely N-dealkylation sites (tertiary alicyclic amines) is 1. The molecule has 1 saturated heterocycles. The van der Waals surface area contributed by atoms with E-state index >= 15 is 0 Å². The standard InChI is InChI=1S/C18H25N5O/c1-14(17-21-19-13-22(17)2)20-18(24)23-11-7-6-10-16(23)12-15-8-4-3-5-9-15/h3-5,8-9,13-14,16H,6-7,10-12H2,1-2H3,(H,20,24). The van der Waals surface area contributed by atoms with E-state index in [4.69, 9.17) is 0 Å². The Morgan fingerprint density at radius 1 is 1.33 bits per heavy atom. The van der Waals surface area contributed by atoms with Crippen molar-refractivity contribution in [1.29, 1.82) is 0 Å². The van der Waals surface area contributed by atoms with E-state index in [1.165, 1.54) is 12.0 Å². The first-order valence-corrected chi connectivity index (χ1v) is 8.60. The third kappa shape index (κ3) is 3.75. The maximum atomic E-state index is 12.8. The van der Waals surface area contributed by atoms with Gasteiger partial charge in [-0.05, 0) is 38.2 Å². The Hall–Kier alpha value is -2.37. The molecule has 1 N–H and O–H groups in total. The molecule has 2 atom stereocenters. The second-order valence-electron chi connectivity index (χ2n) is 6.50. The summed E-state index contributed by atoms with van der Waals surface area (Å²) in [5, 5.41) is 11.0. The van der Waals surface area contributed by atoms with Crippen molar-refractivity contribution in [3.05, 3.63) is 48.0 Å². The Bertz CT molecular complexity index is 669. The van der Waals surface area contributed by atoms with Crippen LogP contribution >= 0.6 is 0 Å². The summed E-state index contributed by atoms with van der Waals surface area (Å²) >= 11 is 0. The Morgan fingerprint density at radius 2 is 2.12 bits per heavy atom. The van der Waals surface area contributed by atoms with E-state index in [0.717, 1.165) is 31.6 Å². The van der Waals surface area contributed by atoms with Crippen molar-refractivity contribution < 1.29 is 4.79 Å². The second kappa shape index (κ2) is 7.47. The van der Waals surface area contributed by atoms with Gasteiger partial charge in [0.2, 0.25) is 0 Å². The molecule has 6 heteroatoms. The van der Waals surface area contributed by atoms with Gasteiger partial charge in [0.1, 0.15) is 6.33 Å². The maximum Gasteiger partial charge on any atom is 0.318 e. The van der Waals surface area contributed by atoms with Gasteiger partial charge in [-0.3, -0.25) is 0 Å². The van der Waals surface area contributed by atoms with E-state index in [0.29, 0.717) is 0 Å². The highest BCUT2D eigenvalue weighted by atomic mass is 16.2. The summed E-state index contributed by atoms with van der Waals surface area (Å²) in [6.45, 7) is 2.76. The third-order valence-electron chi connectivity index (χ3n) is 4.68.